The number of carboxylic acids is 1. The predicted octanol–water partition coefficient (Wildman–Crippen LogP) is 2.69. The number of amides is 1. The van der Waals surface area contributed by atoms with Gasteiger partial charge in [0, 0.05) is 5.69 Å². The van der Waals surface area contributed by atoms with E-state index in [1.807, 2.05) is 0 Å². The van der Waals surface area contributed by atoms with Gasteiger partial charge in [-0.05, 0) is 52.0 Å². The molecule has 0 heterocycles. The molecule has 0 unspecified atom stereocenters. The quantitative estimate of drug-likeness (QED) is 0.837. The Morgan fingerprint density at radius 1 is 1.13 bits per heavy atom. The summed E-state index contributed by atoms with van der Waals surface area (Å²) in [6, 6.07) is 5.87. The molecular weight excluding hydrogens is 302 g/mol. The molecule has 0 spiro atoms. The Bertz CT molecular complexity index is 573. The predicted molar refractivity (Wildman–Crippen MR) is 83.6 cm³/mol. The van der Waals surface area contributed by atoms with Crippen LogP contribution in [0.1, 0.15) is 38.1 Å². The molecule has 0 saturated carbocycles. The number of esters is 1. The number of benzene rings is 1. The number of ether oxygens (including phenoxy) is 2. The third kappa shape index (κ3) is 5.98. The molecular formula is C16H21NO6. The maximum Gasteiger partial charge on any atom is 0.415 e. The third-order valence-corrected chi connectivity index (χ3v) is 2.60. The average molecular weight is 323 g/mol. The molecule has 1 aromatic rings. The monoisotopic (exact) mass is 323 g/mol. The summed E-state index contributed by atoms with van der Waals surface area (Å²) in [7, 11) is 0. The zero-order chi connectivity index (χ0) is 17.6. The lowest BCUT2D eigenvalue weighted by molar-refractivity contribution is -0.135. The second-order valence-electron chi connectivity index (χ2n) is 5.73. The molecule has 1 amide bonds. The van der Waals surface area contributed by atoms with Crippen LogP contribution in [0, 0.1) is 0 Å². The Balaban J connectivity index is 3.01. The average Bonchev–Trinajstić information content (AvgIpc) is 2.43. The Hall–Kier alpha value is -2.57. The van der Waals surface area contributed by atoms with Crippen molar-refractivity contribution in [3.05, 3.63) is 29.8 Å². The van der Waals surface area contributed by atoms with Gasteiger partial charge in [0.1, 0.15) is 12.1 Å². The Labute approximate surface area is 134 Å². The first-order valence-corrected chi connectivity index (χ1v) is 7.13. The first-order chi connectivity index (χ1) is 10.6. The lowest BCUT2D eigenvalue weighted by atomic mass is 10.2. The highest BCUT2D eigenvalue weighted by Gasteiger charge is 2.25. The van der Waals surface area contributed by atoms with Crippen molar-refractivity contribution in [2.75, 3.05) is 18.1 Å². The third-order valence-electron chi connectivity index (χ3n) is 2.60. The normalized spacial score (nSPS) is 10.8. The van der Waals surface area contributed by atoms with Gasteiger partial charge in [-0.1, -0.05) is 0 Å². The summed E-state index contributed by atoms with van der Waals surface area (Å²) in [4.78, 5) is 35.7. The van der Waals surface area contributed by atoms with Gasteiger partial charge in [-0.2, -0.15) is 0 Å². The number of carboxylic acid groups (broad SMARTS) is 1. The Kier molecular flexibility index (Phi) is 6.12. The molecule has 0 saturated heterocycles. The molecule has 7 nitrogen and oxygen atoms in total. The van der Waals surface area contributed by atoms with Crippen LogP contribution in [0.2, 0.25) is 0 Å². The maximum absolute atomic E-state index is 12.2. The van der Waals surface area contributed by atoms with Crippen LogP contribution in [0.3, 0.4) is 0 Å². The van der Waals surface area contributed by atoms with Crippen LogP contribution < -0.4 is 4.90 Å². The largest absolute Gasteiger partial charge is 0.480 e. The molecule has 1 N–H and O–H groups in total. The molecule has 0 aliphatic rings. The molecule has 0 atom stereocenters. The van der Waals surface area contributed by atoms with E-state index >= 15 is 0 Å². The molecule has 7 heteroatoms. The van der Waals surface area contributed by atoms with Crippen molar-refractivity contribution in [2.45, 2.75) is 33.3 Å². The number of aliphatic carboxylic acids is 1. The summed E-state index contributed by atoms with van der Waals surface area (Å²) >= 11 is 0. The van der Waals surface area contributed by atoms with E-state index in [9.17, 15) is 14.4 Å². The van der Waals surface area contributed by atoms with Crippen molar-refractivity contribution in [3.8, 4) is 0 Å². The Morgan fingerprint density at radius 2 is 1.70 bits per heavy atom. The molecule has 0 aliphatic heterocycles. The van der Waals surface area contributed by atoms with Crippen LogP contribution >= 0.6 is 0 Å². The number of hydrogen-bond acceptors (Lipinski definition) is 5. The fraction of sp³-hybridized carbons (Fsp3) is 0.438. The summed E-state index contributed by atoms with van der Waals surface area (Å²) in [6.07, 6.45) is -0.774. The number of carbonyl (C=O) groups is 3. The van der Waals surface area contributed by atoms with Crippen molar-refractivity contribution >= 4 is 23.7 Å². The van der Waals surface area contributed by atoms with Crippen LogP contribution in [-0.2, 0) is 14.3 Å². The van der Waals surface area contributed by atoms with Crippen molar-refractivity contribution < 1.29 is 29.0 Å². The topological polar surface area (TPSA) is 93.1 Å². The first-order valence-electron chi connectivity index (χ1n) is 7.13. The summed E-state index contributed by atoms with van der Waals surface area (Å²) in [5.41, 5.74) is -0.122. The number of anilines is 1. The van der Waals surface area contributed by atoms with Gasteiger partial charge in [0.15, 0.2) is 0 Å². The van der Waals surface area contributed by atoms with Gasteiger partial charge < -0.3 is 14.6 Å². The zero-order valence-electron chi connectivity index (χ0n) is 13.7. The molecule has 23 heavy (non-hydrogen) atoms. The highest BCUT2D eigenvalue weighted by atomic mass is 16.6. The maximum atomic E-state index is 12.2. The first kappa shape index (κ1) is 18.5. The molecule has 0 radical (unpaired) electrons. The van der Waals surface area contributed by atoms with Crippen LogP contribution in [0.25, 0.3) is 0 Å². The summed E-state index contributed by atoms with van der Waals surface area (Å²) in [5, 5.41) is 8.98. The van der Waals surface area contributed by atoms with Crippen molar-refractivity contribution in [1.82, 2.24) is 0 Å². The zero-order valence-corrected chi connectivity index (χ0v) is 13.7. The van der Waals surface area contributed by atoms with E-state index in [0.717, 1.165) is 4.90 Å². The summed E-state index contributed by atoms with van der Waals surface area (Å²) in [5.74, 6) is -1.66. The number of carbonyl (C=O) groups excluding carboxylic acids is 2. The molecule has 0 bridgehead atoms. The van der Waals surface area contributed by atoms with Crippen molar-refractivity contribution in [2.24, 2.45) is 0 Å². The minimum absolute atomic E-state index is 0.254. The van der Waals surface area contributed by atoms with Gasteiger partial charge in [0.2, 0.25) is 0 Å². The van der Waals surface area contributed by atoms with Crippen LogP contribution in [0.4, 0.5) is 10.5 Å². The standard InChI is InChI=1S/C16H21NO6/c1-5-22-14(20)11-6-8-12(9-7-11)17(10-13(18)19)15(21)23-16(2,3)4/h6-9H,5,10H2,1-4H3,(H,18,19). The molecule has 1 rings (SSSR count). The van der Waals surface area contributed by atoms with E-state index in [-0.39, 0.29) is 6.61 Å². The van der Waals surface area contributed by atoms with E-state index in [4.69, 9.17) is 14.6 Å². The molecule has 0 aromatic heterocycles. The summed E-state index contributed by atoms with van der Waals surface area (Å²) < 4.78 is 10.1. The second kappa shape index (κ2) is 7.62. The SMILES string of the molecule is CCOC(=O)c1ccc(N(CC(=O)O)C(=O)OC(C)(C)C)cc1. The molecule has 1 aromatic carbocycles. The van der Waals surface area contributed by atoms with Crippen LogP contribution in [0.15, 0.2) is 24.3 Å². The fourth-order valence-corrected chi connectivity index (χ4v) is 1.71. The van der Waals surface area contributed by atoms with Crippen molar-refractivity contribution in [1.29, 1.82) is 0 Å². The van der Waals surface area contributed by atoms with E-state index < -0.39 is 30.2 Å². The molecule has 0 fully saturated rings. The highest BCUT2D eigenvalue weighted by molar-refractivity contribution is 5.94. The number of rotatable bonds is 5. The fourth-order valence-electron chi connectivity index (χ4n) is 1.71. The lowest BCUT2D eigenvalue weighted by Crippen LogP contribution is -2.40. The lowest BCUT2D eigenvalue weighted by Gasteiger charge is -2.26. The van der Waals surface area contributed by atoms with E-state index in [2.05, 4.69) is 0 Å². The van der Waals surface area contributed by atoms with Gasteiger partial charge >= 0.3 is 18.0 Å². The van der Waals surface area contributed by atoms with Crippen molar-refractivity contribution in [3.63, 3.8) is 0 Å². The van der Waals surface area contributed by atoms with Gasteiger partial charge in [-0.25, -0.2) is 9.59 Å². The number of nitrogens with zero attached hydrogens (tertiary/aromatic N) is 1. The smallest absolute Gasteiger partial charge is 0.415 e. The van der Waals surface area contributed by atoms with E-state index in [1.165, 1.54) is 24.3 Å². The van der Waals surface area contributed by atoms with E-state index in [0.29, 0.717) is 11.3 Å². The molecule has 126 valence electrons. The van der Waals surface area contributed by atoms with E-state index in [1.54, 1.807) is 27.7 Å². The van der Waals surface area contributed by atoms with Gasteiger partial charge in [-0.3, -0.25) is 9.69 Å². The highest BCUT2D eigenvalue weighted by Crippen LogP contribution is 2.19. The second-order valence-corrected chi connectivity index (χ2v) is 5.73. The van der Waals surface area contributed by atoms with Gasteiger partial charge in [-0.15, -0.1) is 0 Å². The molecule has 0 aliphatic carbocycles. The Morgan fingerprint density at radius 3 is 2.13 bits per heavy atom. The number of hydrogen-bond donors (Lipinski definition) is 1. The minimum Gasteiger partial charge on any atom is -0.480 e. The van der Waals surface area contributed by atoms with Crippen LogP contribution in [-0.4, -0.2) is 41.9 Å². The minimum atomic E-state index is -1.18. The van der Waals surface area contributed by atoms with Crippen LogP contribution in [0.5, 0.6) is 0 Å². The summed E-state index contributed by atoms with van der Waals surface area (Å²) in [6.45, 7) is 6.47. The van der Waals surface area contributed by atoms with Gasteiger partial charge in [0.05, 0.1) is 12.2 Å². The van der Waals surface area contributed by atoms with Gasteiger partial charge in [0.25, 0.3) is 0 Å².